The molecule has 1 unspecified atom stereocenters. The van der Waals surface area contributed by atoms with Crippen molar-refractivity contribution in [2.45, 2.75) is 37.1 Å². The molecule has 0 radical (unpaired) electrons. The van der Waals surface area contributed by atoms with Crippen molar-refractivity contribution in [2.24, 2.45) is 0 Å². The van der Waals surface area contributed by atoms with Gasteiger partial charge >= 0.3 is 0 Å². The molecule has 1 aromatic rings. The Morgan fingerprint density at radius 1 is 1.27 bits per heavy atom. The van der Waals surface area contributed by atoms with Gasteiger partial charge in [0.2, 0.25) is 0 Å². The highest BCUT2D eigenvalue weighted by Crippen LogP contribution is 2.54. The minimum atomic E-state index is 0.370. The summed E-state index contributed by atoms with van der Waals surface area (Å²) in [6, 6.07) is 9.01. The van der Waals surface area contributed by atoms with Crippen LogP contribution in [0, 0.1) is 0 Å². The Bertz CT molecular complexity index is 365. The standard InChI is InChI=1S/C13H16ClN/c14-11-5-2-1-4-10(11)13(7-8-13)12-6-3-9-15-12/h1-2,4-5,12,15H,3,6-9H2. The molecule has 1 aliphatic carbocycles. The summed E-state index contributed by atoms with van der Waals surface area (Å²) >= 11 is 6.30. The molecule has 1 saturated carbocycles. The maximum Gasteiger partial charge on any atom is 0.0444 e. The van der Waals surface area contributed by atoms with Crippen LogP contribution in [0.1, 0.15) is 31.2 Å². The van der Waals surface area contributed by atoms with Crippen molar-refractivity contribution < 1.29 is 0 Å². The molecule has 1 atom stereocenters. The van der Waals surface area contributed by atoms with Crippen LogP contribution in [0.3, 0.4) is 0 Å². The van der Waals surface area contributed by atoms with E-state index in [1.54, 1.807) is 0 Å². The predicted octanol–water partition coefficient (Wildman–Crippen LogP) is 3.12. The third kappa shape index (κ3) is 1.49. The summed E-state index contributed by atoms with van der Waals surface area (Å²) < 4.78 is 0. The molecule has 1 aromatic carbocycles. The van der Waals surface area contributed by atoms with E-state index in [0.29, 0.717) is 11.5 Å². The lowest BCUT2D eigenvalue weighted by molar-refractivity contribution is 0.473. The van der Waals surface area contributed by atoms with Gasteiger partial charge in [-0.2, -0.15) is 0 Å². The summed E-state index contributed by atoms with van der Waals surface area (Å²) in [4.78, 5) is 0. The summed E-state index contributed by atoms with van der Waals surface area (Å²) in [6.45, 7) is 1.18. The molecule has 0 aromatic heterocycles. The van der Waals surface area contributed by atoms with E-state index < -0.39 is 0 Å². The van der Waals surface area contributed by atoms with Crippen LogP contribution in [-0.4, -0.2) is 12.6 Å². The lowest BCUT2D eigenvalue weighted by atomic mass is 9.87. The van der Waals surface area contributed by atoms with Gasteiger partial charge in [-0.05, 0) is 43.9 Å². The maximum atomic E-state index is 6.30. The number of benzene rings is 1. The summed E-state index contributed by atoms with van der Waals surface area (Å²) in [5, 5.41) is 4.57. The van der Waals surface area contributed by atoms with Crippen LogP contribution in [0.4, 0.5) is 0 Å². The van der Waals surface area contributed by atoms with Crippen LogP contribution in [0.15, 0.2) is 24.3 Å². The number of hydrogen-bond donors (Lipinski definition) is 1. The monoisotopic (exact) mass is 221 g/mol. The lowest BCUT2D eigenvalue weighted by Gasteiger charge is -2.24. The molecule has 2 fully saturated rings. The van der Waals surface area contributed by atoms with Crippen molar-refractivity contribution in [3.8, 4) is 0 Å². The molecule has 0 spiro atoms. The third-order valence-corrected chi connectivity index (χ3v) is 4.26. The van der Waals surface area contributed by atoms with E-state index in [1.165, 1.54) is 37.8 Å². The van der Waals surface area contributed by atoms with Gasteiger partial charge in [-0.1, -0.05) is 29.8 Å². The highest BCUT2D eigenvalue weighted by Gasteiger charge is 2.51. The number of nitrogens with one attached hydrogen (secondary N) is 1. The van der Waals surface area contributed by atoms with Crippen LogP contribution in [0.5, 0.6) is 0 Å². The zero-order valence-corrected chi connectivity index (χ0v) is 9.56. The first-order valence-corrected chi connectivity index (χ1v) is 6.19. The fourth-order valence-electron chi connectivity index (χ4n) is 2.96. The highest BCUT2D eigenvalue weighted by atomic mass is 35.5. The highest BCUT2D eigenvalue weighted by molar-refractivity contribution is 6.31. The first-order valence-electron chi connectivity index (χ1n) is 5.81. The van der Waals surface area contributed by atoms with Gasteiger partial charge in [0.15, 0.2) is 0 Å². The van der Waals surface area contributed by atoms with Gasteiger partial charge in [-0.3, -0.25) is 0 Å². The van der Waals surface area contributed by atoms with E-state index in [9.17, 15) is 0 Å². The third-order valence-electron chi connectivity index (χ3n) is 3.93. The molecular formula is C13H16ClN. The van der Waals surface area contributed by atoms with Crippen LogP contribution >= 0.6 is 11.6 Å². The molecule has 0 amide bonds. The Morgan fingerprint density at radius 2 is 2.07 bits per heavy atom. The van der Waals surface area contributed by atoms with Crippen molar-refractivity contribution in [2.75, 3.05) is 6.54 Å². The first-order chi connectivity index (χ1) is 7.33. The van der Waals surface area contributed by atoms with Crippen molar-refractivity contribution >= 4 is 11.6 Å². The minimum absolute atomic E-state index is 0.370. The van der Waals surface area contributed by atoms with E-state index >= 15 is 0 Å². The Morgan fingerprint density at radius 3 is 2.67 bits per heavy atom. The van der Waals surface area contributed by atoms with E-state index in [0.717, 1.165) is 5.02 Å². The predicted molar refractivity (Wildman–Crippen MR) is 63.4 cm³/mol. The molecule has 80 valence electrons. The topological polar surface area (TPSA) is 12.0 Å². The smallest absolute Gasteiger partial charge is 0.0444 e. The van der Waals surface area contributed by atoms with Gasteiger partial charge in [-0.15, -0.1) is 0 Å². The molecule has 3 rings (SSSR count). The summed E-state index contributed by atoms with van der Waals surface area (Å²) in [5.74, 6) is 0. The van der Waals surface area contributed by atoms with Gasteiger partial charge in [0.1, 0.15) is 0 Å². The van der Waals surface area contributed by atoms with Gasteiger partial charge < -0.3 is 5.32 Å². The molecule has 1 aliphatic heterocycles. The lowest BCUT2D eigenvalue weighted by Crippen LogP contribution is -2.35. The Balaban J connectivity index is 1.95. The fourth-order valence-corrected chi connectivity index (χ4v) is 3.29. The molecule has 0 bridgehead atoms. The van der Waals surface area contributed by atoms with Crippen molar-refractivity contribution in [3.63, 3.8) is 0 Å². The molecule has 1 N–H and O–H groups in total. The second kappa shape index (κ2) is 3.50. The molecule has 2 aliphatic rings. The van der Waals surface area contributed by atoms with Crippen molar-refractivity contribution in [3.05, 3.63) is 34.9 Å². The van der Waals surface area contributed by atoms with E-state index in [1.807, 2.05) is 12.1 Å². The second-order valence-corrected chi connectivity index (χ2v) is 5.19. The Labute approximate surface area is 95.8 Å². The zero-order chi connectivity index (χ0) is 10.3. The normalized spacial score (nSPS) is 27.9. The Kier molecular flexibility index (Phi) is 2.26. The van der Waals surface area contributed by atoms with Crippen molar-refractivity contribution in [1.29, 1.82) is 0 Å². The van der Waals surface area contributed by atoms with Gasteiger partial charge in [0, 0.05) is 16.5 Å². The minimum Gasteiger partial charge on any atom is -0.313 e. The molecule has 2 heteroatoms. The maximum absolute atomic E-state index is 6.30. The van der Waals surface area contributed by atoms with Gasteiger partial charge in [-0.25, -0.2) is 0 Å². The van der Waals surface area contributed by atoms with E-state index in [-0.39, 0.29) is 0 Å². The van der Waals surface area contributed by atoms with E-state index in [4.69, 9.17) is 11.6 Å². The molecule has 1 heterocycles. The number of rotatable bonds is 2. The Hall–Kier alpha value is -0.530. The van der Waals surface area contributed by atoms with Gasteiger partial charge in [0.25, 0.3) is 0 Å². The van der Waals surface area contributed by atoms with Crippen LogP contribution in [-0.2, 0) is 5.41 Å². The largest absolute Gasteiger partial charge is 0.313 e. The summed E-state index contributed by atoms with van der Waals surface area (Å²) in [7, 11) is 0. The average Bonchev–Trinajstić information content (AvgIpc) is 2.87. The summed E-state index contributed by atoms with van der Waals surface area (Å²) in [6.07, 6.45) is 5.23. The fraction of sp³-hybridized carbons (Fsp3) is 0.538. The van der Waals surface area contributed by atoms with Crippen LogP contribution in [0.25, 0.3) is 0 Å². The average molecular weight is 222 g/mol. The first kappa shape index (κ1) is 9.68. The SMILES string of the molecule is Clc1ccccc1C1(C2CCCN2)CC1. The van der Waals surface area contributed by atoms with Crippen LogP contribution < -0.4 is 5.32 Å². The van der Waals surface area contributed by atoms with Crippen LogP contribution in [0.2, 0.25) is 5.02 Å². The summed E-state index contributed by atoms with van der Waals surface area (Å²) in [5.41, 5.74) is 1.74. The quantitative estimate of drug-likeness (QED) is 0.809. The molecule has 1 saturated heterocycles. The van der Waals surface area contributed by atoms with Gasteiger partial charge in [0.05, 0.1) is 0 Å². The molecule has 1 nitrogen and oxygen atoms in total. The molecular weight excluding hydrogens is 206 g/mol. The number of halogens is 1. The number of hydrogen-bond acceptors (Lipinski definition) is 1. The second-order valence-electron chi connectivity index (χ2n) is 4.78. The zero-order valence-electron chi connectivity index (χ0n) is 8.80. The van der Waals surface area contributed by atoms with Crippen molar-refractivity contribution in [1.82, 2.24) is 5.32 Å². The molecule has 15 heavy (non-hydrogen) atoms. The van der Waals surface area contributed by atoms with E-state index in [2.05, 4.69) is 17.4 Å².